The first-order valence-corrected chi connectivity index (χ1v) is 9.95. The first-order chi connectivity index (χ1) is 16.0. The third-order valence-electron chi connectivity index (χ3n) is 4.96. The van der Waals surface area contributed by atoms with Crippen LogP contribution in [-0.2, 0) is 25.4 Å². The molecule has 3 rings (SSSR count). The van der Waals surface area contributed by atoms with E-state index in [-0.39, 0.29) is 16.9 Å². The maximum absolute atomic E-state index is 13.0. The Morgan fingerprint density at radius 1 is 1.06 bits per heavy atom. The molecule has 0 bridgehead atoms. The Bertz CT molecular complexity index is 1190. The number of amides is 2. The smallest absolute Gasteiger partial charge is 0.330 e. The highest BCUT2D eigenvalue weighted by atomic mass is 19.3. The molecular weight excluding hydrogens is 460 g/mol. The maximum Gasteiger partial charge on any atom is 0.330 e. The molecule has 0 aliphatic carbocycles. The second kappa shape index (κ2) is 10.0. The summed E-state index contributed by atoms with van der Waals surface area (Å²) in [6, 6.07) is 5.81. The molecule has 0 saturated carbocycles. The SMILES string of the molecule is Cc1c(NC(=O)c2c(NC(=O)c3cccc(COCC(F)(F)C(F)F)c3)cnn2C)cnn1C. The fraction of sp³-hybridized carbons (Fsp3) is 0.333. The zero-order chi connectivity index (χ0) is 25.0. The first-order valence-electron chi connectivity index (χ1n) is 9.95. The van der Waals surface area contributed by atoms with Crippen molar-refractivity contribution in [3.8, 4) is 0 Å². The third-order valence-corrected chi connectivity index (χ3v) is 4.96. The number of aryl methyl sites for hydroxylation is 2. The summed E-state index contributed by atoms with van der Waals surface area (Å²) < 4.78 is 58.0. The Morgan fingerprint density at radius 2 is 1.71 bits per heavy atom. The van der Waals surface area contributed by atoms with Gasteiger partial charge >= 0.3 is 12.3 Å². The number of rotatable bonds is 9. The predicted octanol–water partition coefficient (Wildman–Crippen LogP) is 3.38. The second-order valence-corrected chi connectivity index (χ2v) is 7.46. The number of hydrogen-bond acceptors (Lipinski definition) is 5. The molecule has 0 unspecified atom stereocenters. The van der Waals surface area contributed by atoms with Gasteiger partial charge in [0, 0.05) is 19.7 Å². The van der Waals surface area contributed by atoms with Gasteiger partial charge in [0.1, 0.15) is 12.3 Å². The Hall–Kier alpha value is -3.74. The van der Waals surface area contributed by atoms with E-state index in [4.69, 9.17) is 0 Å². The van der Waals surface area contributed by atoms with Crippen LogP contribution in [0, 0.1) is 6.92 Å². The van der Waals surface area contributed by atoms with Crippen molar-refractivity contribution in [1.29, 1.82) is 0 Å². The summed E-state index contributed by atoms with van der Waals surface area (Å²) in [5, 5.41) is 13.4. The average molecular weight is 482 g/mol. The predicted molar refractivity (Wildman–Crippen MR) is 114 cm³/mol. The van der Waals surface area contributed by atoms with E-state index in [9.17, 15) is 27.2 Å². The summed E-state index contributed by atoms with van der Waals surface area (Å²) in [5.74, 6) is -5.38. The molecule has 2 heterocycles. The van der Waals surface area contributed by atoms with Crippen molar-refractivity contribution in [2.75, 3.05) is 17.2 Å². The lowest BCUT2D eigenvalue weighted by Gasteiger charge is -2.15. The van der Waals surface area contributed by atoms with E-state index in [0.717, 1.165) is 5.69 Å². The molecule has 9 nitrogen and oxygen atoms in total. The molecular formula is C21H22F4N6O3. The molecule has 2 aromatic heterocycles. The molecule has 1 aromatic carbocycles. The second-order valence-electron chi connectivity index (χ2n) is 7.46. The molecule has 0 aliphatic rings. The minimum Gasteiger partial charge on any atom is -0.370 e. The van der Waals surface area contributed by atoms with Crippen LogP contribution in [0.2, 0.25) is 0 Å². The van der Waals surface area contributed by atoms with Gasteiger partial charge in [-0.3, -0.25) is 19.0 Å². The van der Waals surface area contributed by atoms with Crippen molar-refractivity contribution < 1.29 is 31.9 Å². The number of halogens is 4. The zero-order valence-electron chi connectivity index (χ0n) is 18.5. The fourth-order valence-corrected chi connectivity index (χ4v) is 2.97. The summed E-state index contributed by atoms with van der Waals surface area (Å²) in [7, 11) is 3.26. The van der Waals surface area contributed by atoms with Crippen LogP contribution < -0.4 is 10.6 Å². The lowest BCUT2D eigenvalue weighted by molar-refractivity contribution is -0.168. The highest BCUT2D eigenvalue weighted by Crippen LogP contribution is 2.24. The van der Waals surface area contributed by atoms with E-state index >= 15 is 0 Å². The standard InChI is InChI=1S/C21H22F4N6O3/c1-12-15(8-26-30(12)2)28-19(33)17-16(9-27-31(17)3)29-18(32)14-6-4-5-13(7-14)10-34-11-21(24,25)20(22)23/h4-9,20H,10-11H2,1-3H3,(H,28,33)(H,29,32). The van der Waals surface area contributed by atoms with Crippen LogP contribution in [0.1, 0.15) is 32.1 Å². The number of nitrogens with one attached hydrogen (secondary N) is 2. The lowest BCUT2D eigenvalue weighted by atomic mass is 10.1. The van der Waals surface area contributed by atoms with Crippen LogP contribution in [0.3, 0.4) is 0 Å². The number of carbonyl (C=O) groups is 2. The van der Waals surface area contributed by atoms with Gasteiger partial charge in [0.05, 0.1) is 36.1 Å². The van der Waals surface area contributed by atoms with Crippen LogP contribution in [0.4, 0.5) is 28.9 Å². The van der Waals surface area contributed by atoms with Crippen LogP contribution in [0.15, 0.2) is 36.7 Å². The van der Waals surface area contributed by atoms with E-state index in [0.29, 0.717) is 11.3 Å². The van der Waals surface area contributed by atoms with Gasteiger partial charge < -0.3 is 15.4 Å². The zero-order valence-corrected chi connectivity index (χ0v) is 18.5. The average Bonchev–Trinajstić information content (AvgIpc) is 3.30. The Kier molecular flexibility index (Phi) is 7.35. The monoisotopic (exact) mass is 482 g/mol. The van der Waals surface area contributed by atoms with E-state index in [1.54, 1.807) is 18.7 Å². The Balaban J connectivity index is 1.69. The van der Waals surface area contributed by atoms with Crippen LogP contribution in [0.25, 0.3) is 0 Å². The number of anilines is 2. The van der Waals surface area contributed by atoms with Crippen LogP contribution in [0.5, 0.6) is 0 Å². The van der Waals surface area contributed by atoms with Gasteiger partial charge in [-0.15, -0.1) is 0 Å². The largest absolute Gasteiger partial charge is 0.370 e. The van der Waals surface area contributed by atoms with E-state index in [2.05, 4.69) is 25.6 Å². The minimum atomic E-state index is -4.26. The number of ether oxygens (including phenoxy) is 1. The molecule has 0 aliphatic heterocycles. The number of nitrogens with zero attached hydrogens (tertiary/aromatic N) is 4. The normalized spacial score (nSPS) is 11.6. The number of aromatic nitrogens is 4. The van der Waals surface area contributed by atoms with Gasteiger partial charge in [-0.2, -0.15) is 19.0 Å². The maximum atomic E-state index is 13.0. The first kappa shape index (κ1) is 24.9. The van der Waals surface area contributed by atoms with Gasteiger partial charge in [0.25, 0.3) is 11.8 Å². The minimum absolute atomic E-state index is 0.0883. The van der Waals surface area contributed by atoms with Gasteiger partial charge in [-0.1, -0.05) is 12.1 Å². The molecule has 34 heavy (non-hydrogen) atoms. The van der Waals surface area contributed by atoms with Crippen molar-refractivity contribution in [3.05, 3.63) is 59.2 Å². The molecule has 182 valence electrons. The fourth-order valence-electron chi connectivity index (χ4n) is 2.97. The molecule has 13 heteroatoms. The van der Waals surface area contributed by atoms with Gasteiger partial charge in [-0.05, 0) is 24.6 Å². The summed E-state index contributed by atoms with van der Waals surface area (Å²) >= 11 is 0. The van der Waals surface area contributed by atoms with E-state index in [1.807, 2.05) is 0 Å². The van der Waals surface area contributed by atoms with Crippen molar-refractivity contribution in [2.45, 2.75) is 25.9 Å². The third kappa shape index (κ3) is 5.60. The summed E-state index contributed by atoms with van der Waals surface area (Å²) in [6.07, 6.45) is -1.04. The molecule has 0 atom stereocenters. The molecule has 3 aromatic rings. The van der Waals surface area contributed by atoms with Crippen molar-refractivity contribution in [1.82, 2.24) is 19.6 Å². The summed E-state index contributed by atoms with van der Waals surface area (Å²) in [5.41, 5.74) is 1.92. The van der Waals surface area contributed by atoms with Gasteiger partial charge in [0.15, 0.2) is 0 Å². The number of benzene rings is 1. The number of alkyl halides is 4. The van der Waals surface area contributed by atoms with Crippen molar-refractivity contribution in [3.63, 3.8) is 0 Å². The van der Waals surface area contributed by atoms with Gasteiger partial charge in [0.2, 0.25) is 0 Å². The highest BCUT2D eigenvalue weighted by Gasteiger charge is 2.40. The Morgan fingerprint density at radius 3 is 2.35 bits per heavy atom. The number of hydrogen-bond donors (Lipinski definition) is 2. The summed E-state index contributed by atoms with van der Waals surface area (Å²) in [4.78, 5) is 25.5. The van der Waals surface area contributed by atoms with Crippen molar-refractivity contribution in [2.24, 2.45) is 14.1 Å². The molecule has 2 N–H and O–H groups in total. The molecule has 0 fully saturated rings. The van der Waals surface area contributed by atoms with Crippen LogP contribution in [-0.4, -0.2) is 50.3 Å². The topological polar surface area (TPSA) is 103 Å². The van der Waals surface area contributed by atoms with Crippen molar-refractivity contribution >= 4 is 23.2 Å². The van der Waals surface area contributed by atoms with Gasteiger partial charge in [-0.25, -0.2) is 8.78 Å². The molecule has 0 saturated heterocycles. The molecule has 2 amide bonds. The summed E-state index contributed by atoms with van der Waals surface area (Å²) in [6.45, 7) is -0.0695. The molecule has 0 radical (unpaired) electrons. The van der Waals surface area contributed by atoms with E-state index < -0.39 is 37.4 Å². The van der Waals surface area contributed by atoms with Crippen LogP contribution >= 0.6 is 0 Å². The lowest BCUT2D eigenvalue weighted by Crippen LogP contribution is -2.32. The number of carbonyl (C=O) groups excluding carboxylic acids is 2. The molecule has 0 spiro atoms. The quantitative estimate of drug-likeness (QED) is 0.455. The van der Waals surface area contributed by atoms with E-state index in [1.165, 1.54) is 48.4 Å². The highest BCUT2D eigenvalue weighted by molar-refractivity contribution is 6.11. The Labute approximate surface area is 191 Å².